The van der Waals surface area contributed by atoms with Crippen molar-refractivity contribution in [2.75, 3.05) is 20.3 Å². The first-order valence-corrected chi connectivity index (χ1v) is 7.21. The molecule has 2 N–H and O–H groups in total. The minimum Gasteiger partial charge on any atom is -0.385 e. The van der Waals surface area contributed by atoms with Crippen molar-refractivity contribution in [2.24, 2.45) is 10.7 Å². The molecule has 1 atom stereocenters. The maximum Gasteiger partial charge on any atom is 0.346 e. The van der Waals surface area contributed by atoms with Gasteiger partial charge in [-0.3, -0.25) is 0 Å². The zero-order chi connectivity index (χ0) is 14.0. The van der Waals surface area contributed by atoms with Crippen molar-refractivity contribution in [3.63, 3.8) is 0 Å². The SMILES string of the molecule is COCCN1C(=O)N=C(N)C1c1ccc(Br)c(Br)c1. The van der Waals surface area contributed by atoms with Gasteiger partial charge in [0, 0.05) is 22.6 Å². The third kappa shape index (κ3) is 2.98. The third-order valence-corrected chi connectivity index (χ3v) is 4.74. The maximum atomic E-state index is 11.8. The van der Waals surface area contributed by atoms with E-state index in [1.165, 1.54) is 0 Å². The van der Waals surface area contributed by atoms with Crippen LogP contribution in [0.2, 0.25) is 0 Å². The van der Waals surface area contributed by atoms with Gasteiger partial charge in [0.2, 0.25) is 0 Å². The fourth-order valence-corrected chi connectivity index (χ4v) is 2.60. The molecule has 102 valence electrons. The van der Waals surface area contributed by atoms with Gasteiger partial charge in [0.1, 0.15) is 11.9 Å². The number of hydrogen-bond acceptors (Lipinski definition) is 3. The summed E-state index contributed by atoms with van der Waals surface area (Å²) in [5.74, 6) is 0.315. The molecule has 7 heteroatoms. The maximum absolute atomic E-state index is 11.8. The average Bonchev–Trinajstić information content (AvgIpc) is 2.65. The number of rotatable bonds is 4. The largest absolute Gasteiger partial charge is 0.385 e. The minimum absolute atomic E-state index is 0.315. The summed E-state index contributed by atoms with van der Waals surface area (Å²) in [5.41, 5.74) is 6.79. The quantitative estimate of drug-likeness (QED) is 0.859. The van der Waals surface area contributed by atoms with Gasteiger partial charge in [0.25, 0.3) is 0 Å². The van der Waals surface area contributed by atoms with Crippen molar-refractivity contribution in [1.82, 2.24) is 4.90 Å². The van der Waals surface area contributed by atoms with Gasteiger partial charge in [0.05, 0.1) is 6.61 Å². The van der Waals surface area contributed by atoms with E-state index in [0.29, 0.717) is 19.0 Å². The Morgan fingerprint density at radius 3 is 2.79 bits per heavy atom. The van der Waals surface area contributed by atoms with Gasteiger partial charge in [-0.05, 0) is 49.6 Å². The van der Waals surface area contributed by atoms with Crippen molar-refractivity contribution in [3.8, 4) is 0 Å². The highest BCUT2D eigenvalue weighted by molar-refractivity contribution is 9.13. The van der Waals surface area contributed by atoms with E-state index < -0.39 is 0 Å². The number of benzene rings is 1. The van der Waals surface area contributed by atoms with E-state index in [2.05, 4.69) is 36.9 Å². The molecule has 1 unspecified atom stereocenters. The molecule has 0 radical (unpaired) electrons. The highest BCUT2D eigenvalue weighted by Crippen LogP contribution is 2.31. The lowest BCUT2D eigenvalue weighted by Gasteiger charge is -2.24. The summed E-state index contributed by atoms with van der Waals surface area (Å²) in [6.45, 7) is 0.903. The Hall–Kier alpha value is -0.920. The Balaban J connectivity index is 2.31. The second-order valence-electron chi connectivity index (χ2n) is 4.08. The zero-order valence-electron chi connectivity index (χ0n) is 10.3. The number of ether oxygens (including phenoxy) is 1. The second kappa shape index (κ2) is 6.02. The van der Waals surface area contributed by atoms with Crippen LogP contribution in [0.4, 0.5) is 4.79 Å². The summed E-state index contributed by atoms with van der Waals surface area (Å²) in [6, 6.07) is 5.10. The van der Waals surface area contributed by atoms with Crippen LogP contribution in [-0.2, 0) is 4.74 Å². The lowest BCUT2D eigenvalue weighted by atomic mass is 10.1. The normalized spacial score (nSPS) is 18.9. The van der Waals surface area contributed by atoms with E-state index in [1.54, 1.807) is 12.0 Å². The highest BCUT2D eigenvalue weighted by Gasteiger charge is 2.34. The van der Waals surface area contributed by atoms with Crippen molar-refractivity contribution < 1.29 is 9.53 Å². The van der Waals surface area contributed by atoms with Crippen LogP contribution in [0.15, 0.2) is 32.1 Å². The molecule has 1 aliphatic heterocycles. The molecule has 0 saturated carbocycles. The minimum atomic E-state index is -0.327. The number of carbonyl (C=O) groups is 1. The molecule has 1 aromatic rings. The van der Waals surface area contributed by atoms with Gasteiger partial charge >= 0.3 is 6.03 Å². The van der Waals surface area contributed by atoms with Crippen LogP contribution < -0.4 is 5.73 Å². The van der Waals surface area contributed by atoms with E-state index in [-0.39, 0.29) is 12.1 Å². The Morgan fingerprint density at radius 2 is 2.16 bits per heavy atom. The fourth-order valence-electron chi connectivity index (χ4n) is 1.95. The Morgan fingerprint density at radius 1 is 1.42 bits per heavy atom. The molecule has 0 bridgehead atoms. The number of nitrogens with two attached hydrogens (primary N) is 1. The van der Waals surface area contributed by atoms with Gasteiger partial charge in [-0.2, -0.15) is 4.99 Å². The number of halogens is 2. The van der Waals surface area contributed by atoms with Crippen LogP contribution >= 0.6 is 31.9 Å². The smallest absolute Gasteiger partial charge is 0.346 e. The molecule has 19 heavy (non-hydrogen) atoms. The number of urea groups is 1. The molecule has 0 fully saturated rings. The summed E-state index contributed by atoms with van der Waals surface area (Å²) < 4.78 is 6.86. The number of amides is 2. The molecule has 2 amide bonds. The van der Waals surface area contributed by atoms with Crippen LogP contribution in [0, 0.1) is 0 Å². The predicted molar refractivity (Wildman–Crippen MR) is 80.2 cm³/mol. The van der Waals surface area contributed by atoms with Crippen LogP contribution in [0.25, 0.3) is 0 Å². The first kappa shape index (κ1) is 14.5. The van der Waals surface area contributed by atoms with Crippen LogP contribution in [-0.4, -0.2) is 37.0 Å². The molecule has 0 saturated heterocycles. The lowest BCUT2D eigenvalue weighted by Crippen LogP contribution is -2.35. The second-order valence-corrected chi connectivity index (χ2v) is 5.79. The summed E-state index contributed by atoms with van der Waals surface area (Å²) >= 11 is 6.86. The molecule has 1 aromatic carbocycles. The Bertz CT molecular complexity index is 534. The topological polar surface area (TPSA) is 67.9 Å². The standard InChI is InChI=1S/C12H13Br2N3O2/c1-19-5-4-17-10(11(15)16-12(17)18)7-2-3-8(13)9(14)6-7/h2-3,6,10H,4-5H2,1H3,(H2,15,16,18). The van der Waals surface area contributed by atoms with Gasteiger partial charge in [0.15, 0.2) is 0 Å². The molecular weight excluding hydrogens is 378 g/mol. The van der Waals surface area contributed by atoms with E-state index in [1.807, 2.05) is 18.2 Å². The van der Waals surface area contributed by atoms with E-state index in [4.69, 9.17) is 10.5 Å². The fraction of sp³-hybridized carbons (Fsp3) is 0.333. The molecule has 5 nitrogen and oxygen atoms in total. The van der Waals surface area contributed by atoms with E-state index >= 15 is 0 Å². The van der Waals surface area contributed by atoms with E-state index in [0.717, 1.165) is 14.5 Å². The van der Waals surface area contributed by atoms with Crippen LogP contribution in [0.1, 0.15) is 11.6 Å². The number of hydrogen-bond donors (Lipinski definition) is 1. The van der Waals surface area contributed by atoms with Crippen molar-refractivity contribution in [2.45, 2.75) is 6.04 Å². The summed E-state index contributed by atoms with van der Waals surface area (Å²) in [7, 11) is 1.59. The monoisotopic (exact) mass is 389 g/mol. The summed E-state index contributed by atoms with van der Waals surface area (Å²) in [4.78, 5) is 17.2. The van der Waals surface area contributed by atoms with Gasteiger partial charge in [-0.1, -0.05) is 6.07 Å². The predicted octanol–water partition coefficient (Wildman–Crippen LogP) is 2.69. The van der Waals surface area contributed by atoms with Gasteiger partial charge < -0.3 is 15.4 Å². The highest BCUT2D eigenvalue weighted by atomic mass is 79.9. The molecule has 0 spiro atoms. The van der Waals surface area contributed by atoms with Crippen molar-refractivity contribution >= 4 is 43.7 Å². The molecule has 1 heterocycles. The van der Waals surface area contributed by atoms with Crippen molar-refractivity contribution in [1.29, 1.82) is 0 Å². The first-order valence-electron chi connectivity index (χ1n) is 5.63. The third-order valence-electron chi connectivity index (χ3n) is 2.86. The lowest BCUT2D eigenvalue weighted by molar-refractivity contribution is 0.150. The molecular formula is C12H13Br2N3O2. The summed E-state index contributed by atoms with van der Waals surface area (Å²) in [5, 5.41) is 0. The average molecular weight is 391 g/mol. The zero-order valence-corrected chi connectivity index (χ0v) is 13.4. The van der Waals surface area contributed by atoms with Gasteiger partial charge in [-0.15, -0.1) is 0 Å². The molecule has 0 aliphatic carbocycles. The molecule has 0 aromatic heterocycles. The van der Waals surface area contributed by atoms with Crippen LogP contribution in [0.5, 0.6) is 0 Å². The van der Waals surface area contributed by atoms with Gasteiger partial charge in [-0.25, -0.2) is 4.79 Å². The van der Waals surface area contributed by atoms with E-state index in [9.17, 15) is 4.79 Å². The Kier molecular flexibility index (Phi) is 4.59. The number of methoxy groups -OCH3 is 1. The number of carbonyl (C=O) groups excluding carboxylic acids is 1. The molecule has 1 aliphatic rings. The van der Waals surface area contributed by atoms with Crippen LogP contribution in [0.3, 0.4) is 0 Å². The van der Waals surface area contributed by atoms with Crippen molar-refractivity contribution in [3.05, 3.63) is 32.7 Å². The number of aliphatic imine (C=N–C) groups is 1. The Labute approximate surface area is 128 Å². The first-order chi connectivity index (χ1) is 9.04. The summed E-state index contributed by atoms with van der Waals surface area (Å²) in [6.07, 6.45) is 0. The number of amidine groups is 1. The molecule has 2 rings (SSSR count). The number of nitrogens with zero attached hydrogens (tertiary/aromatic N) is 2.